The van der Waals surface area contributed by atoms with Gasteiger partial charge in [0.15, 0.2) is 16.6 Å². The zero-order valence-electron chi connectivity index (χ0n) is 94.0. The number of aliphatic hydroxyl groups excluding tert-OH is 2. The van der Waals surface area contributed by atoms with E-state index in [9.17, 15) is 67.0 Å². The molecule has 5 aromatic carbocycles. The van der Waals surface area contributed by atoms with Gasteiger partial charge in [0.25, 0.3) is 0 Å². The molecule has 34 nitrogen and oxygen atoms in total. The first-order chi connectivity index (χ1) is 65.7. The molecule has 5 aromatic rings. The lowest BCUT2D eigenvalue weighted by molar-refractivity contribution is -0.159. The highest BCUT2D eigenvalue weighted by Gasteiger charge is 2.40. The monoisotopic (exact) mass is 2070 g/mol. The number of hydrogen-bond acceptors (Lipinski definition) is 26. The van der Waals surface area contributed by atoms with E-state index in [0.717, 1.165) is 44.6 Å². The third-order valence-electron chi connectivity index (χ3n) is 20.6. The van der Waals surface area contributed by atoms with Gasteiger partial charge in [-0.3, -0.25) is 19.2 Å². The van der Waals surface area contributed by atoms with Gasteiger partial charge in [0.2, 0.25) is 17.7 Å². The lowest BCUT2D eigenvalue weighted by Crippen LogP contribution is -2.46. The summed E-state index contributed by atoms with van der Waals surface area (Å²) in [4.78, 5) is 146. The van der Waals surface area contributed by atoms with Crippen LogP contribution in [-0.4, -0.2) is 173 Å². The first-order valence-electron chi connectivity index (χ1n) is 48.7. The number of nitrogens with two attached hydrogens (primary N) is 2. The minimum Gasteiger partial charge on any atom is -0.481 e. The van der Waals surface area contributed by atoms with E-state index in [1.807, 2.05) is 76.2 Å². The second-order valence-electron chi connectivity index (χ2n) is 46.6. The number of ether oxygens (including phenoxy) is 8. The molecule has 818 valence electrons. The summed E-state index contributed by atoms with van der Waals surface area (Å²) in [5.74, 6) is -4.72. The number of alkyl carbamates (subject to hydrolysis) is 4. The lowest BCUT2D eigenvalue weighted by atomic mass is 10.1. The van der Waals surface area contributed by atoms with E-state index in [4.69, 9.17) is 68.4 Å². The smallest absolute Gasteiger partial charge is 0.408 e. The number of aliphatic hydroxyl groups is 2. The number of nitrogens with one attached hydrogen (secondary N) is 7. The predicted molar refractivity (Wildman–Crippen MR) is 572 cm³/mol. The van der Waals surface area contributed by atoms with Crippen molar-refractivity contribution in [3.8, 4) is 0 Å². The number of benzene rings is 5. The molecule has 5 rings (SSSR count). The number of aliphatic carboxylic acids is 1. The third-order valence-corrected chi connectivity index (χ3v) is 29.6. The number of carbonyl (C=O) groups excluding carboxylic acids is 11. The quantitative estimate of drug-likeness (QED) is 0.00823. The maximum Gasteiger partial charge on any atom is 0.408 e. The second-order valence-corrected chi connectivity index (χ2v) is 56.2. The zero-order valence-corrected chi connectivity index (χ0v) is 96.0. The van der Waals surface area contributed by atoms with Crippen LogP contribution >= 0.6 is 0 Å². The number of amides is 7. The molecule has 0 radical (unpaired) electrons. The van der Waals surface area contributed by atoms with Crippen LogP contribution in [0.3, 0.4) is 0 Å². The van der Waals surface area contributed by atoms with Gasteiger partial charge in [-0.25, -0.2) is 42.7 Å². The number of carboxylic acid groups (broad SMARTS) is 1. The standard InChI is InChI=1S/C28H48N2O6Si.C22H33FN2O5.C22H34N2O6.C14H25NO6.C14H25NOSi.C8H11NO/c1-19-13-14-21(20(17-19)18-34-37(11,12)28(8,9)10)29-23(31)16-15-22(24(32)35-26(2,3)4)30-25(33)36-27(5,6)7;1-14-8-9-16(15(12-14)13-23)24-18(26)11-10-17(19(27)29-21(2,3)4)25-20(28)30-22(5,6)7;1-14-8-9-16(15(12-14)13-25)23-18(26)11-10-17(19(27)29-21(2,3)4)24-20(28)30-22(5,6)7;1-13(2,3)20-11(18)9(7-8-10(16)17)15-12(19)21-14(4,5)6;1-11-7-8-13(15)12(9-11)10-16-17(5,6)14(2,3)4;1-6-2-3-8(9)7(4-6)5-10/h13-14,17,22H,15-16,18H2,1-12H3,(H,29,31)(H,30,33);8-9,12,17H,10-11,13H2,1-7H3,(H,24,26)(H,25,28);8-9,12,17,25H,10-11,13H2,1-7H3,(H,23,26)(H,24,28);9H,7-8H2,1-6H3,(H,15,19)(H,16,17);7-9H,10,15H2,1-6H3;2-4,10H,5,9H2,1H3/t22-;2*17-;9-;;/m0000../s1. The average Bonchev–Trinajstić information content (AvgIpc) is 0.824. The summed E-state index contributed by atoms with van der Waals surface area (Å²) < 4.78 is 67.8. The fraction of sp³-hybridized carbons (Fsp3) is 0.611. The highest BCUT2D eigenvalue weighted by molar-refractivity contribution is 6.74. The predicted octanol–water partition coefficient (Wildman–Crippen LogP) is 21.6. The Morgan fingerprint density at radius 1 is 0.310 bits per heavy atom. The van der Waals surface area contributed by atoms with Gasteiger partial charge < -0.3 is 111 Å². The number of carbonyl (C=O) groups is 12. The van der Waals surface area contributed by atoms with Crippen molar-refractivity contribution < 1.29 is 124 Å². The number of hydrogen-bond donors (Lipinski definition) is 12. The van der Waals surface area contributed by atoms with Gasteiger partial charge >= 0.3 is 54.2 Å². The summed E-state index contributed by atoms with van der Waals surface area (Å²) in [5, 5.41) is 45.4. The molecular weight excluding hydrogens is 1900 g/mol. The van der Waals surface area contributed by atoms with Gasteiger partial charge in [-0.15, -0.1) is 0 Å². The topological polar surface area (TPSA) is 494 Å². The molecule has 37 heteroatoms. The maximum absolute atomic E-state index is 13.2. The van der Waals surface area contributed by atoms with Crippen LogP contribution in [0.1, 0.15) is 315 Å². The minimum absolute atomic E-state index is 0.00317. The molecule has 0 aromatic heterocycles. The van der Waals surface area contributed by atoms with Gasteiger partial charge in [0.1, 0.15) is 75.7 Å². The Morgan fingerprint density at radius 3 is 0.766 bits per heavy atom. The van der Waals surface area contributed by atoms with Crippen LogP contribution < -0.4 is 48.7 Å². The molecule has 0 aliphatic carbocycles. The molecule has 0 saturated heterocycles. The summed E-state index contributed by atoms with van der Waals surface area (Å²) in [6, 6.07) is 23.7. The average molecular weight is 2080 g/mol. The molecule has 14 N–H and O–H groups in total. The number of halogens is 1. The van der Waals surface area contributed by atoms with E-state index < -0.39 is 152 Å². The molecule has 0 fully saturated rings. The largest absolute Gasteiger partial charge is 0.481 e. The molecule has 0 saturated carbocycles. The van der Waals surface area contributed by atoms with Gasteiger partial charge in [0.05, 0.1) is 26.4 Å². The van der Waals surface area contributed by atoms with Crippen molar-refractivity contribution in [2.45, 2.75) is 432 Å². The molecule has 145 heavy (non-hydrogen) atoms. The number of aryl methyl sites for hydroxylation is 5. The van der Waals surface area contributed by atoms with Crippen molar-refractivity contribution in [3.63, 3.8) is 0 Å². The second kappa shape index (κ2) is 58.3. The van der Waals surface area contributed by atoms with Crippen molar-refractivity contribution in [3.05, 3.63) is 147 Å². The van der Waals surface area contributed by atoms with Gasteiger partial charge in [-0.05, 0) is 299 Å². The van der Waals surface area contributed by atoms with Crippen LogP contribution in [0.5, 0.6) is 0 Å². The number of anilines is 5. The van der Waals surface area contributed by atoms with Gasteiger partial charge in [-0.1, -0.05) is 130 Å². The van der Waals surface area contributed by atoms with Gasteiger partial charge in [-0.2, -0.15) is 0 Å². The lowest BCUT2D eigenvalue weighted by Gasteiger charge is -2.36. The van der Waals surface area contributed by atoms with Crippen LogP contribution in [-0.2, 0) is 118 Å². The Kier molecular flexibility index (Phi) is 53.8. The highest BCUT2D eigenvalue weighted by atomic mass is 28.4. The SMILES string of the molecule is CC(C)(C)OC(=O)N[C@@H](CCC(=O)O)C(=O)OC(C)(C)C.Cc1ccc(N)c(CO)c1.Cc1ccc(N)c(CO[Si](C)(C)C(C)(C)C)c1.Cc1ccc(NC(=O)CC[C@H](NC(=O)OC(C)(C)C)C(=O)OC(C)(C)C)c(CF)c1.Cc1ccc(NC(=O)CC[C@H](NC(=O)OC(C)(C)C)C(=O)OC(C)(C)C)c(CO)c1.Cc1ccc(NC(=O)CC[C@H](NC(=O)OC(C)(C)C)C(=O)OC(C)(C)C)c(CO[Si](C)(C)C(C)(C)C)c1. The van der Waals surface area contributed by atoms with Crippen LogP contribution in [0.2, 0.25) is 36.3 Å². The summed E-state index contributed by atoms with van der Waals surface area (Å²) in [6.07, 6.45) is -3.46. The summed E-state index contributed by atoms with van der Waals surface area (Å²) >= 11 is 0. The Labute approximate surface area is 863 Å². The fourth-order valence-corrected chi connectivity index (χ4v) is 13.5. The molecule has 0 unspecified atom stereocenters. The number of nitrogen functional groups attached to an aromatic ring is 2. The highest BCUT2D eigenvalue weighted by Crippen LogP contribution is 2.39. The minimum atomic E-state index is -1.98. The van der Waals surface area contributed by atoms with Crippen LogP contribution in [0.15, 0.2) is 91.0 Å². The maximum atomic E-state index is 13.2. The molecule has 7 amide bonds. The van der Waals surface area contributed by atoms with Crippen molar-refractivity contribution >= 4 is 117 Å². The van der Waals surface area contributed by atoms with E-state index >= 15 is 0 Å². The van der Waals surface area contributed by atoms with E-state index in [2.05, 4.69) is 118 Å². The van der Waals surface area contributed by atoms with Crippen LogP contribution in [0.25, 0.3) is 0 Å². The van der Waals surface area contributed by atoms with E-state index in [1.54, 1.807) is 203 Å². The van der Waals surface area contributed by atoms with Crippen molar-refractivity contribution in [2.75, 3.05) is 27.4 Å². The van der Waals surface area contributed by atoms with Crippen LogP contribution in [0.4, 0.5) is 52.0 Å². The molecule has 0 bridgehead atoms. The Bertz CT molecular complexity index is 4920. The first-order valence-corrected chi connectivity index (χ1v) is 54.5. The number of alkyl halides is 1. The number of carboxylic acids is 1. The summed E-state index contributed by atoms with van der Waals surface area (Å²) in [7, 11) is -3.66. The zero-order chi connectivity index (χ0) is 113. The molecular formula is C108H176FN9O25Si2. The molecule has 4 atom stereocenters. The molecule has 0 aliphatic heterocycles. The van der Waals surface area contributed by atoms with E-state index in [-0.39, 0.29) is 86.5 Å². The molecule has 0 spiro atoms. The Hall–Kier alpha value is -11.3. The van der Waals surface area contributed by atoms with Crippen LogP contribution in [0, 0.1) is 34.6 Å². The molecule has 0 aliphatic rings. The van der Waals surface area contributed by atoms with E-state index in [0.29, 0.717) is 47.1 Å². The normalized spacial score (nSPS) is 12.8. The first kappa shape index (κ1) is 134. The van der Waals surface area contributed by atoms with E-state index in [1.165, 1.54) is 5.56 Å². The summed E-state index contributed by atoms with van der Waals surface area (Å²) in [6.45, 7) is 73.2. The number of esters is 4. The van der Waals surface area contributed by atoms with Crippen molar-refractivity contribution in [1.82, 2.24) is 21.3 Å². The number of rotatable bonds is 32. The Morgan fingerprint density at radius 2 is 0.524 bits per heavy atom. The van der Waals surface area contributed by atoms with Crippen molar-refractivity contribution in [1.29, 1.82) is 0 Å². The molecule has 0 heterocycles. The summed E-state index contributed by atoms with van der Waals surface area (Å²) in [5.41, 5.74) is 17.7. The van der Waals surface area contributed by atoms with Crippen molar-refractivity contribution in [2.24, 2.45) is 0 Å². The Balaban J connectivity index is 0.00000177. The van der Waals surface area contributed by atoms with Gasteiger partial charge in [0, 0.05) is 76.4 Å². The fourth-order valence-electron chi connectivity index (χ4n) is 11.6. The third kappa shape index (κ3) is 60.5.